The number of aliphatic hydroxyl groups is 1. The molecule has 3 unspecified atom stereocenters. The summed E-state index contributed by atoms with van der Waals surface area (Å²) in [5, 5.41) is 14.1. The lowest BCUT2D eigenvalue weighted by Gasteiger charge is -2.26. The molecule has 0 aliphatic carbocycles. The van der Waals surface area contributed by atoms with Crippen LogP contribution < -0.4 is 5.32 Å². The number of quaternary nitrogens is 1. The topological polar surface area (TPSA) is 105 Å². The van der Waals surface area contributed by atoms with Crippen molar-refractivity contribution in [1.29, 1.82) is 0 Å². The number of carbonyl (C=O) groups excluding carboxylic acids is 1. The number of phosphoric ester groups is 1. The molecule has 0 aromatic rings. The molecule has 0 saturated heterocycles. The number of rotatable bonds is 61. The number of nitrogens with one attached hydrogen (secondary N) is 1. The molecule has 3 atom stereocenters. The first-order valence-corrected chi connectivity index (χ1v) is 34.6. The van der Waals surface area contributed by atoms with Gasteiger partial charge in [0.1, 0.15) is 13.2 Å². The summed E-state index contributed by atoms with van der Waals surface area (Å²) in [5.41, 5.74) is 0. The largest absolute Gasteiger partial charge is 0.472 e. The molecule has 0 radical (unpaired) electrons. The molecule has 0 bridgehead atoms. The van der Waals surface area contributed by atoms with Crippen molar-refractivity contribution in [3.8, 4) is 0 Å². The summed E-state index contributed by atoms with van der Waals surface area (Å²) in [5.74, 6) is -0.141. The van der Waals surface area contributed by atoms with E-state index in [-0.39, 0.29) is 19.1 Å². The van der Waals surface area contributed by atoms with Crippen molar-refractivity contribution < 1.29 is 32.9 Å². The Balaban J connectivity index is 4.06. The summed E-state index contributed by atoms with van der Waals surface area (Å²) in [6.45, 7) is 4.82. The Kier molecular flexibility index (Phi) is 57.5. The van der Waals surface area contributed by atoms with Crippen molar-refractivity contribution in [3.05, 3.63) is 60.8 Å². The van der Waals surface area contributed by atoms with Gasteiger partial charge in [-0.3, -0.25) is 13.8 Å². The van der Waals surface area contributed by atoms with E-state index in [0.717, 1.165) is 70.6 Å². The third kappa shape index (κ3) is 61.7. The van der Waals surface area contributed by atoms with Crippen LogP contribution in [0, 0.1) is 0 Å². The van der Waals surface area contributed by atoms with Crippen molar-refractivity contribution >= 4 is 13.7 Å². The number of unbranched alkanes of at least 4 members (excludes halogenated alkanes) is 38. The molecule has 8 nitrogen and oxygen atoms in total. The average molecular weight is 1100 g/mol. The molecule has 0 aliphatic heterocycles. The zero-order valence-corrected chi connectivity index (χ0v) is 52.6. The third-order valence-corrected chi connectivity index (χ3v) is 16.0. The second-order valence-electron chi connectivity index (χ2n) is 23.8. The van der Waals surface area contributed by atoms with Crippen LogP contribution in [0.2, 0.25) is 0 Å². The van der Waals surface area contributed by atoms with Gasteiger partial charge in [0.2, 0.25) is 5.91 Å². The molecule has 0 rings (SSSR count). The summed E-state index contributed by atoms with van der Waals surface area (Å²) in [7, 11) is 1.62. The maximum Gasteiger partial charge on any atom is 0.472 e. The number of likely N-dealkylation sites (N-methyl/N-ethyl adjacent to an activating group) is 1. The maximum absolute atomic E-state index is 13.1. The molecule has 1 amide bonds. The molecule has 0 heterocycles. The maximum atomic E-state index is 13.1. The van der Waals surface area contributed by atoms with Crippen molar-refractivity contribution in [1.82, 2.24) is 5.32 Å². The second-order valence-corrected chi connectivity index (χ2v) is 25.3. The fourth-order valence-electron chi connectivity index (χ4n) is 9.90. The van der Waals surface area contributed by atoms with Gasteiger partial charge in [-0.25, -0.2) is 4.57 Å². The van der Waals surface area contributed by atoms with Crippen LogP contribution in [0.5, 0.6) is 0 Å². The first-order chi connectivity index (χ1) is 37.5. The van der Waals surface area contributed by atoms with E-state index in [1.807, 2.05) is 21.1 Å². The van der Waals surface area contributed by atoms with E-state index in [1.54, 1.807) is 0 Å². The Bertz CT molecular complexity index is 1440. The Morgan fingerprint density at radius 1 is 0.455 bits per heavy atom. The van der Waals surface area contributed by atoms with Crippen molar-refractivity contribution in [2.75, 3.05) is 40.9 Å². The zero-order chi connectivity index (χ0) is 56.3. The van der Waals surface area contributed by atoms with Gasteiger partial charge >= 0.3 is 7.82 Å². The fourth-order valence-corrected chi connectivity index (χ4v) is 10.6. The Morgan fingerprint density at radius 2 is 0.779 bits per heavy atom. The number of phosphoric acid groups is 1. The van der Waals surface area contributed by atoms with Gasteiger partial charge in [0.15, 0.2) is 0 Å². The lowest BCUT2D eigenvalue weighted by Crippen LogP contribution is -2.46. The lowest BCUT2D eigenvalue weighted by atomic mass is 10.0. The smallest absolute Gasteiger partial charge is 0.391 e. The second kappa shape index (κ2) is 58.8. The van der Waals surface area contributed by atoms with E-state index in [1.165, 1.54) is 218 Å². The molecule has 452 valence electrons. The minimum atomic E-state index is -4.33. The first kappa shape index (κ1) is 75.2. The molecule has 0 spiro atoms. The van der Waals surface area contributed by atoms with E-state index in [9.17, 15) is 19.4 Å². The minimum absolute atomic E-state index is 0.0745. The molecule has 0 aromatic carbocycles. The number of hydrogen-bond donors (Lipinski definition) is 3. The van der Waals surface area contributed by atoms with Gasteiger partial charge in [-0.05, 0) is 57.8 Å². The van der Waals surface area contributed by atoms with Crippen molar-refractivity contribution in [2.45, 2.75) is 328 Å². The summed E-state index contributed by atoms with van der Waals surface area (Å²) in [6, 6.07) is -0.764. The molecule has 0 fully saturated rings. The van der Waals surface area contributed by atoms with Gasteiger partial charge in [0, 0.05) is 6.42 Å². The fraction of sp³-hybridized carbons (Fsp3) is 0.838. The highest BCUT2D eigenvalue weighted by molar-refractivity contribution is 7.47. The number of nitrogens with zero attached hydrogens (tertiary/aromatic N) is 1. The SMILES string of the molecule is CC/C=C\C/C=C\C/C=C\C/C=C\C/C=C\CCCCCCCCCCCCCCCCCC(=O)NC(COP(=O)(O)OCC[N+](C)(C)C)C(O)CCCCCCCCCCCCCCCCCCCCCCCCCC. The van der Waals surface area contributed by atoms with Crippen LogP contribution >= 0.6 is 7.82 Å². The van der Waals surface area contributed by atoms with Gasteiger partial charge in [0.05, 0.1) is 39.9 Å². The van der Waals surface area contributed by atoms with Gasteiger partial charge in [-0.1, -0.05) is 312 Å². The highest BCUT2D eigenvalue weighted by Gasteiger charge is 2.28. The molecular formula is C68H130N2O6P+. The summed E-state index contributed by atoms with van der Waals surface area (Å²) in [6.07, 6.45) is 80.2. The normalized spacial score (nSPS) is 14.1. The van der Waals surface area contributed by atoms with E-state index in [0.29, 0.717) is 23.9 Å². The number of hydrogen-bond acceptors (Lipinski definition) is 5. The van der Waals surface area contributed by atoms with Gasteiger partial charge < -0.3 is 19.8 Å². The average Bonchev–Trinajstić information content (AvgIpc) is 3.39. The van der Waals surface area contributed by atoms with Gasteiger partial charge in [-0.2, -0.15) is 0 Å². The Morgan fingerprint density at radius 3 is 1.14 bits per heavy atom. The Hall–Kier alpha value is -1.80. The first-order valence-electron chi connectivity index (χ1n) is 33.2. The number of carbonyl (C=O) groups is 1. The molecule has 9 heteroatoms. The summed E-state index contributed by atoms with van der Waals surface area (Å²) < 4.78 is 23.9. The van der Waals surface area contributed by atoms with E-state index in [2.05, 4.69) is 79.9 Å². The molecular weight excluding hydrogens is 972 g/mol. The number of allylic oxidation sites excluding steroid dienone is 10. The number of aliphatic hydroxyl groups excluding tert-OH is 1. The Labute approximate surface area is 479 Å². The van der Waals surface area contributed by atoms with Gasteiger partial charge in [0.25, 0.3) is 0 Å². The van der Waals surface area contributed by atoms with Crippen molar-refractivity contribution in [3.63, 3.8) is 0 Å². The highest BCUT2D eigenvalue weighted by atomic mass is 31.2. The quantitative estimate of drug-likeness (QED) is 0.0243. The standard InChI is InChI=1S/C68H129N2O6P/c1-6-8-10-12-14-16-18-20-22-24-26-28-30-32-33-34-35-36-37-38-40-42-44-46-48-50-52-54-56-58-60-62-68(72)69-66(65-76-77(73,74)75-64-63-70(3,4)5)67(71)61-59-57-55-53-51-49-47-45-43-41-39-31-29-27-25-23-21-19-17-15-13-11-9-7-2/h8,10,14,16,20,22,26,28,32-33,66-67,71H,6-7,9,11-13,15,17-19,21,23-25,27,29-31,34-65H2,1-5H3,(H-,69,72,73,74)/p+1/b10-8-,16-14-,22-20-,28-26-,33-32-. The predicted molar refractivity (Wildman–Crippen MR) is 337 cm³/mol. The van der Waals surface area contributed by atoms with Crippen LogP contribution in [0.15, 0.2) is 60.8 Å². The van der Waals surface area contributed by atoms with Crippen molar-refractivity contribution in [2.24, 2.45) is 0 Å². The molecule has 3 N–H and O–H groups in total. The third-order valence-electron chi connectivity index (χ3n) is 15.0. The van der Waals surface area contributed by atoms with Crippen LogP contribution in [0.3, 0.4) is 0 Å². The minimum Gasteiger partial charge on any atom is -0.391 e. The monoisotopic (exact) mass is 1100 g/mol. The van der Waals surface area contributed by atoms with Gasteiger partial charge in [-0.15, -0.1) is 0 Å². The van der Waals surface area contributed by atoms with Crippen LogP contribution in [0.4, 0.5) is 0 Å². The summed E-state index contributed by atoms with van der Waals surface area (Å²) >= 11 is 0. The van der Waals surface area contributed by atoms with Crippen LogP contribution in [-0.4, -0.2) is 73.4 Å². The van der Waals surface area contributed by atoms with Crippen LogP contribution in [0.1, 0.15) is 316 Å². The molecule has 77 heavy (non-hydrogen) atoms. The number of amides is 1. The zero-order valence-electron chi connectivity index (χ0n) is 51.7. The summed E-state index contributed by atoms with van der Waals surface area (Å²) in [4.78, 5) is 23.4. The van der Waals surface area contributed by atoms with E-state index < -0.39 is 20.0 Å². The van der Waals surface area contributed by atoms with E-state index in [4.69, 9.17) is 9.05 Å². The molecule has 0 saturated carbocycles. The highest BCUT2D eigenvalue weighted by Crippen LogP contribution is 2.43. The predicted octanol–water partition coefficient (Wildman–Crippen LogP) is 20.8. The van der Waals surface area contributed by atoms with Crippen LogP contribution in [-0.2, 0) is 18.4 Å². The van der Waals surface area contributed by atoms with Crippen LogP contribution in [0.25, 0.3) is 0 Å². The lowest BCUT2D eigenvalue weighted by molar-refractivity contribution is -0.870. The molecule has 0 aliphatic rings. The van der Waals surface area contributed by atoms with E-state index >= 15 is 0 Å². The molecule has 0 aromatic heterocycles.